The normalized spacial score (nSPS) is 10.2. The van der Waals surface area contributed by atoms with Gasteiger partial charge in [-0.25, -0.2) is 4.98 Å². The molecule has 2 rings (SSSR count). The van der Waals surface area contributed by atoms with E-state index < -0.39 is 0 Å². The van der Waals surface area contributed by atoms with Crippen LogP contribution in [0.25, 0.3) is 0 Å². The van der Waals surface area contributed by atoms with Gasteiger partial charge in [-0.05, 0) is 34.1 Å². The number of methoxy groups -OCH3 is 1. The zero-order chi connectivity index (χ0) is 13.1. The third kappa shape index (κ3) is 3.04. The molecule has 1 N–H and O–H groups in total. The summed E-state index contributed by atoms with van der Waals surface area (Å²) in [7, 11) is 1.54. The monoisotopic (exact) mass is 347 g/mol. The topological polar surface area (TPSA) is 47.0 Å². The Labute approximate surface area is 122 Å². The number of anilines is 2. The first-order valence-electron chi connectivity index (χ1n) is 4.89. The molecule has 1 aromatic carbocycles. The van der Waals surface area contributed by atoms with Crippen LogP contribution in [0.4, 0.5) is 11.6 Å². The van der Waals surface area contributed by atoms with Crippen LogP contribution in [0.1, 0.15) is 0 Å². The van der Waals surface area contributed by atoms with E-state index in [1.54, 1.807) is 24.4 Å². The van der Waals surface area contributed by atoms with Crippen molar-refractivity contribution in [2.75, 3.05) is 12.4 Å². The van der Waals surface area contributed by atoms with Crippen LogP contribution in [0.15, 0.2) is 28.9 Å². The van der Waals surface area contributed by atoms with Gasteiger partial charge in [0.05, 0.1) is 27.8 Å². The Morgan fingerprint density at radius 2 is 2.06 bits per heavy atom. The van der Waals surface area contributed by atoms with Gasteiger partial charge in [-0.2, -0.15) is 4.98 Å². The average molecular weight is 349 g/mol. The largest absolute Gasteiger partial charge is 0.480 e. The molecule has 18 heavy (non-hydrogen) atoms. The number of hydrogen-bond acceptors (Lipinski definition) is 4. The molecule has 0 fully saturated rings. The van der Waals surface area contributed by atoms with E-state index in [0.717, 1.165) is 5.69 Å². The predicted molar refractivity (Wildman–Crippen MR) is 76.0 cm³/mol. The van der Waals surface area contributed by atoms with Gasteiger partial charge in [0.25, 0.3) is 0 Å². The lowest BCUT2D eigenvalue weighted by molar-refractivity contribution is 0.394. The molecule has 0 saturated carbocycles. The highest BCUT2D eigenvalue weighted by molar-refractivity contribution is 9.10. The highest BCUT2D eigenvalue weighted by Gasteiger charge is 2.06. The van der Waals surface area contributed by atoms with Crippen molar-refractivity contribution in [2.24, 2.45) is 0 Å². The molecule has 0 aliphatic heterocycles. The van der Waals surface area contributed by atoms with Crippen LogP contribution >= 0.6 is 39.1 Å². The van der Waals surface area contributed by atoms with E-state index in [9.17, 15) is 0 Å². The lowest BCUT2D eigenvalue weighted by atomic mass is 10.3. The molecule has 94 valence electrons. The highest BCUT2D eigenvalue weighted by atomic mass is 79.9. The van der Waals surface area contributed by atoms with Gasteiger partial charge >= 0.3 is 0 Å². The first-order valence-corrected chi connectivity index (χ1v) is 6.43. The van der Waals surface area contributed by atoms with Crippen molar-refractivity contribution in [3.05, 3.63) is 38.9 Å². The van der Waals surface area contributed by atoms with Crippen LogP contribution in [0, 0.1) is 0 Å². The fourth-order valence-electron chi connectivity index (χ4n) is 1.26. The standard InChI is InChI=1S/C11H8BrCl2N3O/c1-18-10-7(12)5-15-11(17-10)16-6-2-3-8(13)9(14)4-6/h2-5H,1H3,(H,15,16,17). The summed E-state index contributed by atoms with van der Waals surface area (Å²) in [5.74, 6) is 0.862. The van der Waals surface area contributed by atoms with Crippen molar-refractivity contribution in [1.82, 2.24) is 9.97 Å². The Kier molecular flexibility index (Phi) is 4.27. The molecule has 0 amide bonds. The molecular weight excluding hydrogens is 341 g/mol. The number of benzene rings is 1. The first-order chi connectivity index (χ1) is 8.60. The molecule has 0 aliphatic carbocycles. The Balaban J connectivity index is 2.25. The average Bonchev–Trinajstić information content (AvgIpc) is 2.36. The summed E-state index contributed by atoms with van der Waals surface area (Å²) < 4.78 is 5.77. The van der Waals surface area contributed by atoms with E-state index in [4.69, 9.17) is 27.9 Å². The minimum atomic E-state index is 0.411. The van der Waals surface area contributed by atoms with Gasteiger partial charge in [-0.3, -0.25) is 0 Å². The van der Waals surface area contributed by atoms with Gasteiger partial charge in [0.2, 0.25) is 11.8 Å². The second-order valence-corrected chi connectivity index (χ2v) is 4.97. The van der Waals surface area contributed by atoms with Gasteiger partial charge in [0.15, 0.2) is 0 Å². The van der Waals surface area contributed by atoms with E-state index >= 15 is 0 Å². The van der Waals surface area contributed by atoms with E-state index in [1.165, 1.54) is 7.11 Å². The molecule has 7 heteroatoms. The summed E-state index contributed by atoms with van der Waals surface area (Å²) in [6.07, 6.45) is 1.60. The van der Waals surface area contributed by atoms with Crippen LogP contribution in [0.5, 0.6) is 5.88 Å². The zero-order valence-corrected chi connectivity index (χ0v) is 12.3. The zero-order valence-electron chi connectivity index (χ0n) is 9.25. The van der Waals surface area contributed by atoms with E-state index in [1.807, 2.05) is 0 Å². The van der Waals surface area contributed by atoms with Crippen LogP contribution in [-0.4, -0.2) is 17.1 Å². The summed E-state index contributed by atoms with van der Waals surface area (Å²) >= 11 is 15.0. The second-order valence-electron chi connectivity index (χ2n) is 3.30. The summed E-state index contributed by atoms with van der Waals surface area (Å²) in [6.45, 7) is 0. The molecule has 1 heterocycles. The van der Waals surface area contributed by atoms with Crippen molar-refractivity contribution in [1.29, 1.82) is 0 Å². The van der Waals surface area contributed by atoms with Crippen molar-refractivity contribution < 1.29 is 4.74 Å². The fraction of sp³-hybridized carbons (Fsp3) is 0.0909. The smallest absolute Gasteiger partial charge is 0.232 e. The third-order valence-electron chi connectivity index (χ3n) is 2.08. The van der Waals surface area contributed by atoms with Crippen molar-refractivity contribution >= 4 is 50.8 Å². The number of nitrogens with one attached hydrogen (secondary N) is 1. The van der Waals surface area contributed by atoms with Crippen LogP contribution in [0.3, 0.4) is 0 Å². The Morgan fingerprint density at radius 3 is 2.72 bits per heavy atom. The summed E-state index contributed by atoms with van der Waals surface area (Å²) in [5, 5.41) is 3.97. The molecule has 0 radical (unpaired) electrons. The fourth-order valence-corrected chi connectivity index (χ4v) is 1.91. The van der Waals surface area contributed by atoms with Crippen molar-refractivity contribution in [3.63, 3.8) is 0 Å². The van der Waals surface area contributed by atoms with Crippen LogP contribution < -0.4 is 10.1 Å². The molecule has 2 aromatic rings. The Bertz CT molecular complexity index is 580. The highest BCUT2D eigenvalue weighted by Crippen LogP contribution is 2.27. The summed E-state index contributed by atoms with van der Waals surface area (Å²) in [4.78, 5) is 8.28. The molecular formula is C11H8BrCl2N3O. The van der Waals surface area contributed by atoms with Crippen LogP contribution in [-0.2, 0) is 0 Å². The quantitative estimate of drug-likeness (QED) is 0.898. The minimum Gasteiger partial charge on any atom is -0.480 e. The maximum atomic E-state index is 5.92. The molecule has 0 unspecified atom stereocenters. The molecule has 0 bridgehead atoms. The van der Waals surface area contributed by atoms with Crippen molar-refractivity contribution in [3.8, 4) is 5.88 Å². The maximum absolute atomic E-state index is 5.92. The third-order valence-corrected chi connectivity index (χ3v) is 3.36. The minimum absolute atomic E-state index is 0.411. The van der Waals surface area contributed by atoms with Gasteiger partial charge in [0.1, 0.15) is 0 Å². The van der Waals surface area contributed by atoms with Gasteiger partial charge < -0.3 is 10.1 Å². The van der Waals surface area contributed by atoms with E-state index in [2.05, 4.69) is 31.2 Å². The van der Waals surface area contributed by atoms with E-state index in [0.29, 0.717) is 26.3 Å². The molecule has 0 saturated heterocycles. The SMILES string of the molecule is COc1nc(Nc2ccc(Cl)c(Cl)c2)ncc1Br. The molecule has 0 atom stereocenters. The van der Waals surface area contributed by atoms with E-state index in [-0.39, 0.29) is 0 Å². The summed E-state index contributed by atoms with van der Waals surface area (Å²) in [5.41, 5.74) is 0.744. The number of ether oxygens (including phenoxy) is 1. The number of rotatable bonds is 3. The Morgan fingerprint density at radius 1 is 1.28 bits per heavy atom. The second kappa shape index (κ2) is 5.73. The molecule has 4 nitrogen and oxygen atoms in total. The van der Waals surface area contributed by atoms with Gasteiger partial charge in [-0.1, -0.05) is 23.2 Å². The lowest BCUT2D eigenvalue weighted by Crippen LogP contribution is -1.99. The lowest BCUT2D eigenvalue weighted by Gasteiger charge is -2.07. The first kappa shape index (κ1) is 13.4. The summed E-state index contributed by atoms with van der Waals surface area (Å²) in [6, 6.07) is 5.18. The number of nitrogens with zero attached hydrogens (tertiary/aromatic N) is 2. The predicted octanol–water partition coefficient (Wildman–Crippen LogP) is 4.30. The molecule has 0 aliphatic rings. The van der Waals surface area contributed by atoms with Gasteiger partial charge in [0, 0.05) is 5.69 Å². The Hall–Kier alpha value is -1.04. The number of aromatic nitrogens is 2. The maximum Gasteiger partial charge on any atom is 0.232 e. The number of hydrogen-bond donors (Lipinski definition) is 1. The van der Waals surface area contributed by atoms with Crippen LogP contribution in [0.2, 0.25) is 10.0 Å². The molecule has 1 aromatic heterocycles. The number of halogens is 3. The molecule has 0 spiro atoms. The van der Waals surface area contributed by atoms with Crippen molar-refractivity contribution in [2.45, 2.75) is 0 Å². The van der Waals surface area contributed by atoms with Gasteiger partial charge in [-0.15, -0.1) is 0 Å².